The van der Waals surface area contributed by atoms with Crippen molar-refractivity contribution in [1.82, 2.24) is 0 Å². The van der Waals surface area contributed by atoms with Gasteiger partial charge in [0, 0.05) is 5.56 Å². The van der Waals surface area contributed by atoms with Crippen molar-refractivity contribution < 1.29 is 13.9 Å². The first-order valence-corrected chi connectivity index (χ1v) is 13.2. The van der Waals surface area contributed by atoms with Crippen LogP contribution >= 0.6 is 0 Å². The minimum absolute atomic E-state index is 0.212. The lowest BCUT2D eigenvalue weighted by molar-refractivity contribution is -0.139. The van der Waals surface area contributed by atoms with Crippen LogP contribution in [0.3, 0.4) is 0 Å². The summed E-state index contributed by atoms with van der Waals surface area (Å²) < 4.78 is 10.6. The molecule has 0 amide bonds. The van der Waals surface area contributed by atoms with Crippen LogP contribution in [-0.4, -0.2) is 13.1 Å². The normalized spacial score (nSPS) is 14.3. The minimum atomic E-state index is -0.212. The van der Waals surface area contributed by atoms with Crippen LogP contribution in [-0.2, 0) is 22.4 Å². The number of methoxy groups -OCH3 is 1. The van der Waals surface area contributed by atoms with Gasteiger partial charge in [-0.05, 0) is 88.9 Å². The maximum atomic E-state index is 11.7. The third-order valence-electron chi connectivity index (χ3n) is 7.84. The Morgan fingerprint density at radius 3 is 2.31 bits per heavy atom. The standard InChI is InChI=1S/C33H36O3/c1-21-14-28(32-22(2)20-36-23(32)3)19-29-16-26(15-24-8-6-5-7-9-24)17-30(33(21)29)27-12-10-25(11-13-27)18-31(34)35-4/h10-14,16-17,19-20,24H,5-9,15,18H2,1-4H3. The fraction of sp³-hybridized carbons (Fsp3) is 0.364. The quantitative estimate of drug-likeness (QED) is 0.260. The molecule has 0 aliphatic heterocycles. The van der Waals surface area contributed by atoms with Crippen molar-refractivity contribution in [1.29, 1.82) is 0 Å². The van der Waals surface area contributed by atoms with Crippen molar-refractivity contribution in [3.05, 3.63) is 82.8 Å². The summed E-state index contributed by atoms with van der Waals surface area (Å²) in [6, 6.07) is 17.9. The third kappa shape index (κ3) is 4.97. The largest absolute Gasteiger partial charge is 0.469 e. The summed E-state index contributed by atoms with van der Waals surface area (Å²) in [7, 11) is 1.43. The lowest BCUT2D eigenvalue weighted by atomic mass is 9.83. The number of furan rings is 1. The fourth-order valence-electron chi connectivity index (χ4n) is 6.05. The Labute approximate surface area is 214 Å². The van der Waals surface area contributed by atoms with E-state index in [1.165, 1.54) is 88.9 Å². The molecule has 186 valence electrons. The van der Waals surface area contributed by atoms with Crippen LogP contribution in [0.25, 0.3) is 33.0 Å². The number of esters is 1. The Morgan fingerprint density at radius 1 is 0.889 bits per heavy atom. The smallest absolute Gasteiger partial charge is 0.309 e. The Bertz CT molecular complexity index is 1370. The van der Waals surface area contributed by atoms with E-state index in [1.807, 2.05) is 25.3 Å². The second-order valence-electron chi connectivity index (χ2n) is 10.5. The SMILES string of the molecule is COC(=O)Cc1ccc(-c2cc(CC3CCCCC3)cc3cc(-c4c(C)coc4C)cc(C)c23)cc1. The first kappa shape index (κ1) is 24.4. The molecule has 1 aromatic heterocycles. The van der Waals surface area contributed by atoms with E-state index < -0.39 is 0 Å². The Kier molecular flexibility index (Phi) is 7.00. The van der Waals surface area contributed by atoms with Gasteiger partial charge in [0.2, 0.25) is 0 Å². The molecule has 1 aliphatic rings. The van der Waals surface area contributed by atoms with Crippen molar-refractivity contribution in [2.24, 2.45) is 5.92 Å². The van der Waals surface area contributed by atoms with Gasteiger partial charge in [-0.1, -0.05) is 74.6 Å². The Balaban J connectivity index is 1.63. The summed E-state index contributed by atoms with van der Waals surface area (Å²) in [5.74, 6) is 1.52. The maximum absolute atomic E-state index is 11.7. The number of hydrogen-bond donors (Lipinski definition) is 0. The van der Waals surface area contributed by atoms with Crippen molar-refractivity contribution >= 4 is 16.7 Å². The van der Waals surface area contributed by atoms with E-state index in [9.17, 15) is 4.79 Å². The number of fused-ring (bicyclic) bond motifs is 1. The molecule has 1 heterocycles. The summed E-state index contributed by atoms with van der Waals surface area (Å²) in [4.78, 5) is 11.7. The molecule has 0 radical (unpaired) electrons. The first-order chi connectivity index (χ1) is 17.4. The molecule has 1 saturated carbocycles. The zero-order valence-corrected chi connectivity index (χ0v) is 21.9. The molecule has 0 atom stereocenters. The highest BCUT2D eigenvalue weighted by Crippen LogP contribution is 2.39. The van der Waals surface area contributed by atoms with Gasteiger partial charge >= 0.3 is 5.97 Å². The highest BCUT2D eigenvalue weighted by atomic mass is 16.5. The molecule has 0 saturated heterocycles. The summed E-state index contributed by atoms with van der Waals surface area (Å²) >= 11 is 0. The molecule has 0 bridgehead atoms. The van der Waals surface area contributed by atoms with E-state index in [-0.39, 0.29) is 5.97 Å². The van der Waals surface area contributed by atoms with Gasteiger partial charge in [0.25, 0.3) is 0 Å². The molecule has 5 rings (SSSR count). The predicted molar refractivity (Wildman–Crippen MR) is 147 cm³/mol. The van der Waals surface area contributed by atoms with Gasteiger partial charge in [0.1, 0.15) is 5.76 Å². The first-order valence-electron chi connectivity index (χ1n) is 13.2. The van der Waals surface area contributed by atoms with E-state index in [0.717, 1.165) is 23.7 Å². The summed E-state index contributed by atoms with van der Waals surface area (Å²) in [5.41, 5.74) is 9.70. The average Bonchev–Trinajstić information content (AvgIpc) is 3.22. The zero-order valence-electron chi connectivity index (χ0n) is 21.9. The van der Waals surface area contributed by atoms with Gasteiger partial charge in [0.05, 0.1) is 19.8 Å². The van der Waals surface area contributed by atoms with Crippen molar-refractivity contribution in [3.63, 3.8) is 0 Å². The average molecular weight is 481 g/mol. The third-order valence-corrected chi connectivity index (χ3v) is 7.84. The van der Waals surface area contributed by atoms with E-state index in [0.29, 0.717) is 6.42 Å². The number of carbonyl (C=O) groups excluding carboxylic acids is 1. The topological polar surface area (TPSA) is 39.4 Å². The van der Waals surface area contributed by atoms with E-state index in [4.69, 9.17) is 9.15 Å². The monoisotopic (exact) mass is 480 g/mol. The molecule has 3 nitrogen and oxygen atoms in total. The number of carbonyl (C=O) groups is 1. The zero-order chi connectivity index (χ0) is 25.2. The van der Waals surface area contributed by atoms with Crippen molar-refractivity contribution in [2.45, 2.75) is 65.7 Å². The lowest BCUT2D eigenvalue weighted by Gasteiger charge is -2.22. The summed E-state index contributed by atoms with van der Waals surface area (Å²) in [6.45, 7) is 6.38. The fourth-order valence-corrected chi connectivity index (χ4v) is 6.05. The number of aryl methyl sites for hydroxylation is 3. The van der Waals surface area contributed by atoms with Crippen LogP contribution in [0.4, 0.5) is 0 Å². The van der Waals surface area contributed by atoms with Crippen LogP contribution in [0, 0.1) is 26.7 Å². The second kappa shape index (κ2) is 10.3. The molecule has 0 N–H and O–H groups in total. The number of rotatable bonds is 6. The number of ether oxygens (including phenoxy) is 1. The van der Waals surface area contributed by atoms with Crippen LogP contribution in [0.5, 0.6) is 0 Å². The molecule has 1 fully saturated rings. The van der Waals surface area contributed by atoms with Gasteiger partial charge in [-0.3, -0.25) is 4.79 Å². The van der Waals surface area contributed by atoms with Gasteiger partial charge in [-0.15, -0.1) is 0 Å². The van der Waals surface area contributed by atoms with Crippen LogP contribution in [0.15, 0.2) is 59.2 Å². The van der Waals surface area contributed by atoms with E-state index in [2.05, 4.69) is 50.2 Å². The van der Waals surface area contributed by atoms with E-state index in [1.54, 1.807) is 0 Å². The number of benzene rings is 3. The molecule has 1 aliphatic carbocycles. The van der Waals surface area contributed by atoms with E-state index >= 15 is 0 Å². The molecule has 4 aromatic rings. The minimum Gasteiger partial charge on any atom is -0.469 e. The van der Waals surface area contributed by atoms with Crippen LogP contribution in [0.2, 0.25) is 0 Å². The van der Waals surface area contributed by atoms with Crippen molar-refractivity contribution in [3.8, 4) is 22.3 Å². The summed E-state index contributed by atoms with van der Waals surface area (Å²) in [5, 5.41) is 2.58. The molecule has 0 spiro atoms. The molecule has 3 aromatic carbocycles. The van der Waals surface area contributed by atoms with Gasteiger partial charge < -0.3 is 9.15 Å². The Hall–Kier alpha value is -3.33. The number of hydrogen-bond acceptors (Lipinski definition) is 3. The maximum Gasteiger partial charge on any atom is 0.309 e. The second-order valence-corrected chi connectivity index (χ2v) is 10.5. The van der Waals surface area contributed by atoms with Gasteiger partial charge in [-0.2, -0.15) is 0 Å². The predicted octanol–water partition coefficient (Wildman–Crippen LogP) is 8.53. The lowest BCUT2D eigenvalue weighted by Crippen LogP contribution is -2.09. The highest BCUT2D eigenvalue weighted by Gasteiger charge is 2.18. The molecular weight excluding hydrogens is 444 g/mol. The van der Waals surface area contributed by atoms with Gasteiger partial charge in [0.15, 0.2) is 0 Å². The molecule has 0 unspecified atom stereocenters. The van der Waals surface area contributed by atoms with Crippen LogP contribution in [0.1, 0.15) is 60.1 Å². The van der Waals surface area contributed by atoms with Crippen LogP contribution < -0.4 is 0 Å². The molecule has 3 heteroatoms. The highest BCUT2D eigenvalue weighted by molar-refractivity contribution is 6.02. The molecule has 36 heavy (non-hydrogen) atoms. The molecular formula is C33H36O3. The summed E-state index contributed by atoms with van der Waals surface area (Å²) in [6.07, 6.45) is 10.0. The van der Waals surface area contributed by atoms with Crippen molar-refractivity contribution in [2.75, 3.05) is 7.11 Å². The Morgan fingerprint density at radius 2 is 1.64 bits per heavy atom. The van der Waals surface area contributed by atoms with Gasteiger partial charge in [-0.25, -0.2) is 0 Å².